The Labute approximate surface area is 171 Å². The van der Waals surface area contributed by atoms with Gasteiger partial charge in [-0.15, -0.1) is 0 Å². The summed E-state index contributed by atoms with van der Waals surface area (Å²) in [5, 5.41) is 4.54. The van der Waals surface area contributed by atoms with Gasteiger partial charge in [-0.25, -0.2) is 9.98 Å². The second kappa shape index (κ2) is 9.74. The fourth-order valence-corrected chi connectivity index (χ4v) is 4.12. The molecule has 1 fully saturated rings. The summed E-state index contributed by atoms with van der Waals surface area (Å²) in [7, 11) is 6.99. The van der Waals surface area contributed by atoms with Crippen molar-refractivity contribution in [3.05, 3.63) is 16.7 Å². The largest absolute Gasteiger partial charge is 0.394 e. The van der Waals surface area contributed by atoms with E-state index in [9.17, 15) is 4.79 Å². The number of hydrogen-bond donors (Lipinski definition) is 2. The van der Waals surface area contributed by atoms with Crippen molar-refractivity contribution in [1.82, 2.24) is 24.4 Å². The molecule has 3 atom stereocenters. The number of nitrogens with zero attached hydrogens (tertiary/aromatic N) is 5. The maximum atomic E-state index is 12.3. The van der Waals surface area contributed by atoms with Gasteiger partial charge in [0, 0.05) is 26.3 Å². The fourth-order valence-electron chi connectivity index (χ4n) is 2.79. The van der Waals surface area contributed by atoms with E-state index in [0.29, 0.717) is 18.0 Å². The molecule has 0 bridgehead atoms. The number of aliphatic hydroxyl groups is 1. The maximum Gasteiger partial charge on any atom is 0.280 e. The SMILES string of the molecule is [2H]OC[C@H]1O[C@@H](n2cnc3c(=O)[nH]c(N=CN(C)C)nc32)CC1OCSSCC. The highest BCUT2D eigenvalue weighted by Crippen LogP contribution is 2.33. The molecule has 10 nitrogen and oxygen atoms in total. The summed E-state index contributed by atoms with van der Waals surface area (Å²) in [6.07, 6.45) is 2.54. The number of rotatable bonds is 10. The molecule has 2 aromatic rings. The molecule has 3 rings (SSSR count). The number of ether oxygens (including phenoxy) is 2. The molecule has 12 heteroatoms. The first-order valence-electron chi connectivity index (χ1n) is 9.21. The van der Waals surface area contributed by atoms with Crippen LogP contribution >= 0.6 is 21.6 Å². The first-order valence-corrected chi connectivity index (χ1v) is 11.3. The van der Waals surface area contributed by atoms with Crippen molar-refractivity contribution in [2.75, 3.05) is 32.4 Å². The molecule has 0 spiro atoms. The van der Waals surface area contributed by atoms with Gasteiger partial charge in [-0.05, 0) is 0 Å². The van der Waals surface area contributed by atoms with Gasteiger partial charge in [0.1, 0.15) is 18.3 Å². The molecule has 0 aliphatic carbocycles. The number of aromatic amines is 1. The third-order valence-electron chi connectivity index (χ3n) is 4.02. The fraction of sp³-hybridized carbons (Fsp3) is 0.625. The number of aromatic nitrogens is 4. The molecule has 0 saturated carbocycles. The van der Waals surface area contributed by atoms with Crippen LogP contribution < -0.4 is 5.56 Å². The minimum Gasteiger partial charge on any atom is -0.394 e. The molecule has 3 heterocycles. The van der Waals surface area contributed by atoms with Crippen molar-refractivity contribution in [3.63, 3.8) is 0 Å². The van der Waals surface area contributed by atoms with Crippen LogP contribution in [0.25, 0.3) is 11.2 Å². The molecular weight excluding hydrogens is 404 g/mol. The zero-order valence-corrected chi connectivity index (χ0v) is 17.5. The van der Waals surface area contributed by atoms with Crippen LogP contribution in [0.3, 0.4) is 0 Å². The molecule has 2 N–H and O–H groups in total. The van der Waals surface area contributed by atoms with E-state index < -0.39 is 12.3 Å². The van der Waals surface area contributed by atoms with Crippen molar-refractivity contribution < 1.29 is 14.6 Å². The quantitative estimate of drug-likeness (QED) is 0.190. The highest BCUT2D eigenvalue weighted by atomic mass is 33.1. The standard InChI is InChI=1S/C16H24N6O4S2/c1-4-27-28-9-25-10-5-12(26-11(10)6-23)22-8-17-13-14(22)19-16(20-15(13)24)18-7-21(2)3/h7-8,10-12,23H,4-6,9H2,1-3H3,(H,19,20,24)/t10?,11-,12-/m1/s1/i23D. The topological polar surface area (TPSA) is 118 Å². The van der Waals surface area contributed by atoms with Crippen LogP contribution in [0.2, 0.25) is 0 Å². The van der Waals surface area contributed by atoms with E-state index in [1.165, 1.54) is 6.33 Å². The summed E-state index contributed by atoms with van der Waals surface area (Å²) in [6, 6.07) is 0. The first-order chi connectivity index (χ1) is 14.0. The Balaban J connectivity index is 1.82. The lowest BCUT2D eigenvalue weighted by atomic mass is 10.2. The predicted molar refractivity (Wildman–Crippen MR) is 111 cm³/mol. The average Bonchev–Trinajstić information content (AvgIpc) is 3.28. The van der Waals surface area contributed by atoms with Crippen LogP contribution in [0.5, 0.6) is 0 Å². The van der Waals surface area contributed by atoms with Crippen molar-refractivity contribution in [2.45, 2.75) is 31.8 Å². The number of H-pyrrole nitrogens is 1. The first kappa shape index (κ1) is 19.7. The summed E-state index contributed by atoms with van der Waals surface area (Å²) in [4.78, 5) is 29.4. The molecule has 0 aromatic carbocycles. The lowest BCUT2D eigenvalue weighted by Gasteiger charge is -2.15. The monoisotopic (exact) mass is 429 g/mol. The van der Waals surface area contributed by atoms with Gasteiger partial charge in [-0.2, -0.15) is 4.98 Å². The van der Waals surface area contributed by atoms with Crippen LogP contribution in [0.4, 0.5) is 5.95 Å². The van der Waals surface area contributed by atoms with Crippen LogP contribution in [-0.2, 0) is 9.47 Å². The molecule has 0 radical (unpaired) electrons. The molecule has 1 unspecified atom stereocenters. The Morgan fingerprint density at radius 3 is 3.21 bits per heavy atom. The summed E-state index contributed by atoms with van der Waals surface area (Å²) in [5.41, 5.74) is 0.223. The summed E-state index contributed by atoms with van der Waals surface area (Å²) >= 11 is 0. The number of fused-ring (bicyclic) bond motifs is 1. The highest BCUT2D eigenvalue weighted by molar-refractivity contribution is 8.76. The Kier molecular flexibility index (Phi) is 6.86. The van der Waals surface area contributed by atoms with Gasteiger partial charge in [0.25, 0.3) is 5.56 Å². The van der Waals surface area contributed by atoms with E-state index in [2.05, 4.69) is 32.0 Å². The van der Waals surface area contributed by atoms with E-state index in [0.717, 1.165) is 5.75 Å². The second-order valence-electron chi connectivity index (χ2n) is 6.30. The van der Waals surface area contributed by atoms with Gasteiger partial charge < -0.3 is 19.5 Å². The van der Waals surface area contributed by atoms with Crippen molar-refractivity contribution in [2.24, 2.45) is 4.99 Å². The van der Waals surface area contributed by atoms with E-state index in [4.69, 9.17) is 10.9 Å². The Hall–Kier alpha value is -1.60. The van der Waals surface area contributed by atoms with Crippen LogP contribution in [0, 0.1) is 0 Å². The van der Waals surface area contributed by atoms with Crippen LogP contribution in [0.15, 0.2) is 16.1 Å². The van der Waals surface area contributed by atoms with Gasteiger partial charge in [0.2, 0.25) is 7.38 Å². The predicted octanol–water partition coefficient (Wildman–Crippen LogP) is 1.36. The molecular formula is C16H24N6O4S2. The summed E-state index contributed by atoms with van der Waals surface area (Å²) in [6.45, 7) is 2.17. The lowest BCUT2D eigenvalue weighted by molar-refractivity contribution is -0.0532. The molecule has 28 heavy (non-hydrogen) atoms. The molecule has 1 aliphatic rings. The van der Waals surface area contributed by atoms with E-state index >= 15 is 0 Å². The lowest BCUT2D eigenvalue weighted by Crippen LogP contribution is -2.27. The summed E-state index contributed by atoms with van der Waals surface area (Å²) < 4.78 is 20.7. The number of nitrogens with one attached hydrogen (secondary N) is 1. The van der Waals surface area contributed by atoms with Gasteiger partial charge in [0.05, 0.1) is 25.4 Å². The third-order valence-corrected chi connectivity index (χ3v) is 6.15. The van der Waals surface area contributed by atoms with Gasteiger partial charge in [0.15, 0.2) is 11.2 Å². The smallest absolute Gasteiger partial charge is 0.280 e. The molecule has 2 aromatic heterocycles. The minimum absolute atomic E-state index is 0.0891. The molecule has 154 valence electrons. The molecule has 1 saturated heterocycles. The van der Waals surface area contributed by atoms with Crippen molar-refractivity contribution in [1.29, 1.82) is 1.43 Å². The van der Waals surface area contributed by atoms with Crippen molar-refractivity contribution in [3.8, 4) is 0 Å². The van der Waals surface area contributed by atoms with Crippen LogP contribution in [0.1, 0.15) is 19.6 Å². The highest BCUT2D eigenvalue weighted by Gasteiger charge is 2.37. The zero-order valence-electron chi connectivity index (χ0n) is 16.9. The number of aliphatic imine (C=N–C) groups is 1. The van der Waals surface area contributed by atoms with Crippen LogP contribution in [-0.4, -0.2) is 81.9 Å². The number of hydrogen-bond acceptors (Lipinski definition) is 9. The van der Waals surface area contributed by atoms with E-state index in [-0.39, 0.29) is 29.7 Å². The second-order valence-corrected chi connectivity index (χ2v) is 9.00. The molecule has 1 aliphatic heterocycles. The Morgan fingerprint density at radius 1 is 1.61 bits per heavy atom. The van der Waals surface area contributed by atoms with Gasteiger partial charge in [-0.3, -0.25) is 14.3 Å². The normalized spacial score (nSPS) is 23.0. The third kappa shape index (κ3) is 4.87. The molecule has 0 amide bonds. The summed E-state index contributed by atoms with van der Waals surface area (Å²) in [5.74, 6) is 1.69. The van der Waals surface area contributed by atoms with E-state index in [1.54, 1.807) is 37.4 Å². The number of aliphatic hydroxyl groups excluding tert-OH is 1. The Morgan fingerprint density at radius 2 is 2.46 bits per heavy atom. The average molecular weight is 430 g/mol. The maximum absolute atomic E-state index is 12.3. The van der Waals surface area contributed by atoms with Gasteiger partial charge >= 0.3 is 0 Å². The minimum atomic E-state index is -0.436. The number of imidazole rings is 1. The zero-order chi connectivity index (χ0) is 20.8. The Bertz CT molecular complexity index is 892. The van der Waals surface area contributed by atoms with Crippen molar-refractivity contribution >= 4 is 45.0 Å². The van der Waals surface area contributed by atoms with E-state index in [1.807, 2.05) is 14.1 Å². The van der Waals surface area contributed by atoms with Gasteiger partial charge in [-0.1, -0.05) is 28.5 Å².